The van der Waals surface area contributed by atoms with Gasteiger partial charge in [-0.3, -0.25) is 9.59 Å². The molecule has 0 aliphatic heterocycles. The smallest absolute Gasteiger partial charge is 0.254 e. The topological polar surface area (TPSA) is 49.4 Å². The van der Waals surface area contributed by atoms with Crippen LogP contribution in [-0.4, -0.2) is 30.3 Å². The van der Waals surface area contributed by atoms with Crippen molar-refractivity contribution in [3.8, 4) is 0 Å². The summed E-state index contributed by atoms with van der Waals surface area (Å²) in [5, 5.41) is 2.72. The van der Waals surface area contributed by atoms with Crippen LogP contribution in [0.1, 0.15) is 21.5 Å². The summed E-state index contributed by atoms with van der Waals surface area (Å²) in [7, 11) is 1.51. The third-order valence-electron chi connectivity index (χ3n) is 3.48. The Bertz CT molecular complexity index is 726. The van der Waals surface area contributed by atoms with Crippen LogP contribution in [0, 0.1) is 19.7 Å². The highest BCUT2D eigenvalue weighted by atomic mass is 19.1. The zero-order chi connectivity index (χ0) is 17.0. The van der Waals surface area contributed by atoms with E-state index in [2.05, 4.69) is 5.32 Å². The Morgan fingerprint density at radius 3 is 2.35 bits per heavy atom. The molecule has 0 bridgehead atoms. The van der Waals surface area contributed by atoms with E-state index in [0.717, 1.165) is 5.56 Å². The minimum atomic E-state index is -0.437. The van der Waals surface area contributed by atoms with Crippen molar-refractivity contribution in [1.82, 2.24) is 4.90 Å². The molecule has 2 amide bonds. The predicted molar refractivity (Wildman–Crippen MR) is 87.9 cm³/mol. The van der Waals surface area contributed by atoms with E-state index in [1.807, 2.05) is 19.1 Å². The van der Waals surface area contributed by atoms with Crippen LogP contribution in [0.2, 0.25) is 0 Å². The number of halogens is 1. The van der Waals surface area contributed by atoms with E-state index in [-0.39, 0.29) is 18.0 Å². The van der Waals surface area contributed by atoms with Gasteiger partial charge in [0.25, 0.3) is 5.91 Å². The van der Waals surface area contributed by atoms with Crippen LogP contribution in [-0.2, 0) is 4.79 Å². The lowest BCUT2D eigenvalue weighted by molar-refractivity contribution is -0.116. The van der Waals surface area contributed by atoms with Crippen LogP contribution in [0.5, 0.6) is 0 Å². The van der Waals surface area contributed by atoms with Crippen LogP contribution in [0.15, 0.2) is 42.5 Å². The summed E-state index contributed by atoms with van der Waals surface area (Å²) < 4.78 is 13.5. The van der Waals surface area contributed by atoms with Crippen molar-refractivity contribution in [2.45, 2.75) is 13.8 Å². The standard InChI is InChI=1S/C18H19FN2O2/c1-12-4-8-15(9-5-12)20-17(22)11-21(3)18(23)14-7-6-13(2)16(19)10-14/h4-10H,11H2,1-3H3,(H,20,22). The molecule has 4 nitrogen and oxygen atoms in total. The Morgan fingerprint density at radius 2 is 1.74 bits per heavy atom. The quantitative estimate of drug-likeness (QED) is 0.942. The summed E-state index contributed by atoms with van der Waals surface area (Å²) in [5.41, 5.74) is 2.46. The molecule has 2 aromatic carbocycles. The number of carbonyl (C=O) groups is 2. The van der Waals surface area contributed by atoms with Crippen molar-refractivity contribution in [2.75, 3.05) is 18.9 Å². The Balaban J connectivity index is 1.98. The van der Waals surface area contributed by atoms with Gasteiger partial charge in [0.1, 0.15) is 5.82 Å². The molecule has 0 atom stereocenters. The molecule has 0 saturated heterocycles. The number of hydrogen-bond donors (Lipinski definition) is 1. The van der Waals surface area contributed by atoms with Gasteiger partial charge in [-0.15, -0.1) is 0 Å². The Morgan fingerprint density at radius 1 is 1.09 bits per heavy atom. The van der Waals surface area contributed by atoms with Crippen molar-refractivity contribution in [3.05, 3.63) is 65.0 Å². The second-order valence-electron chi connectivity index (χ2n) is 5.54. The number of anilines is 1. The Hall–Kier alpha value is -2.69. The number of rotatable bonds is 4. The molecule has 0 aliphatic carbocycles. The SMILES string of the molecule is Cc1ccc(NC(=O)CN(C)C(=O)c2ccc(C)c(F)c2)cc1. The maximum Gasteiger partial charge on any atom is 0.254 e. The number of carbonyl (C=O) groups excluding carboxylic acids is 2. The summed E-state index contributed by atoms with van der Waals surface area (Å²) in [6, 6.07) is 11.7. The first kappa shape index (κ1) is 16.7. The van der Waals surface area contributed by atoms with Gasteiger partial charge in [-0.1, -0.05) is 23.8 Å². The molecule has 0 fully saturated rings. The summed E-state index contributed by atoms with van der Waals surface area (Å²) in [4.78, 5) is 25.5. The van der Waals surface area contributed by atoms with Gasteiger partial charge < -0.3 is 10.2 Å². The molecule has 0 heterocycles. The fourth-order valence-electron chi connectivity index (χ4n) is 2.07. The summed E-state index contributed by atoms with van der Waals surface area (Å²) in [6.07, 6.45) is 0. The van der Waals surface area contributed by atoms with E-state index in [1.54, 1.807) is 31.2 Å². The van der Waals surface area contributed by atoms with Crippen molar-refractivity contribution >= 4 is 17.5 Å². The highest BCUT2D eigenvalue weighted by Crippen LogP contribution is 2.12. The highest BCUT2D eigenvalue weighted by molar-refractivity contribution is 5.99. The lowest BCUT2D eigenvalue weighted by Gasteiger charge is -2.17. The normalized spacial score (nSPS) is 10.3. The van der Waals surface area contributed by atoms with E-state index in [9.17, 15) is 14.0 Å². The van der Waals surface area contributed by atoms with E-state index < -0.39 is 11.7 Å². The molecule has 0 spiro atoms. The largest absolute Gasteiger partial charge is 0.332 e. The zero-order valence-electron chi connectivity index (χ0n) is 13.4. The fourth-order valence-corrected chi connectivity index (χ4v) is 2.07. The predicted octanol–water partition coefficient (Wildman–Crippen LogP) is 3.15. The van der Waals surface area contributed by atoms with Gasteiger partial charge in [0, 0.05) is 18.3 Å². The average molecular weight is 314 g/mol. The highest BCUT2D eigenvalue weighted by Gasteiger charge is 2.16. The van der Waals surface area contributed by atoms with Gasteiger partial charge >= 0.3 is 0 Å². The minimum Gasteiger partial charge on any atom is -0.332 e. The van der Waals surface area contributed by atoms with E-state index >= 15 is 0 Å². The first-order chi connectivity index (χ1) is 10.9. The van der Waals surface area contributed by atoms with Crippen LogP contribution in [0.3, 0.4) is 0 Å². The fraction of sp³-hybridized carbons (Fsp3) is 0.222. The molecule has 0 aliphatic rings. The summed E-state index contributed by atoms with van der Waals surface area (Å²) in [5.74, 6) is -1.14. The van der Waals surface area contributed by atoms with E-state index in [4.69, 9.17) is 0 Å². The number of benzene rings is 2. The monoisotopic (exact) mass is 314 g/mol. The molecule has 2 rings (SSSR count). The number of hydrogen-bond acceptors (Lipinski definition) is 2. The van der Waals surface area contributed by atoms with Gasteiger partial charge in [0.15, 0.2) is 0 Å². The summed E-state index contributed by atoms with van der Waals surface area (Å²) >= 11 is 0. The Kier molecular flexibility index (Phi) is 5.11. The molecule has 0 saturated carbocycles. The molecule has 120 valence electrons. The minimum absolute atomic E-state index is 0.109. The maximum absolute atomic E-state index is 13.5. The molecule has 1 N–H and O–H groups in total. The third-order valence-corrected chi connectivity index (χ3v) is 3.48. The van der Waals surface area contributed by atoms with Gasteiger partial charge in [-0.25, -0.2) is 4.39 Å². The van der Waals surface area contributed by atoms with Gasteiger partial charge in [0.05, 0.1) is 6.54 Å². The molecular formula is C18H19FN2O2. The third kappa shape index (κ3) is 4.39. The van der Waals surface area contributed by atoms with Gasteiger partial charge in [0.2, 0.25) is 5.91 Å². The maximum atomic E-state index is 13.5. The number of amides is 2. The second-order valence-corrected chi connectivity index (χ2v) is 5.54. The zero-order valence-corrected chi connectivity index (χ0v) is 13.4. The van der Waals surface area contributed by atoms with Crippen molar-refractivity contribution < 1.29 is 14.0 Å². The van der Waals surface area contributed by atoms with Gasteiger partial charge in [-0.2, -0.15) is 0 Å². The first-order valence-electron chi connectivity index (χ1n) is 7.25. The molecule has 0 radical (unpaired) electrons. The summed E-state index contributed by atoms with van der Waals surface area (Å²) in [6.45, 7) is 3.48. The lowest BCUT2D eigenvalue weighted by atomic mass is 10.1. The molecule has 23 heavy (non-hydrogen) atoms. The second kappa shape index (κ2) is 7.05. The average Bonchev–Trinajstić information content (AvgIpc) is 2.51. The van der Waals surface area contributed by atoms with E-state index in [1.165, 1.54) is 18.0 Å². The van der Waals surface area contributed by atoms with Gasteiger partial charge in [-0.05, 0) is 43.7 Å². The van der Waals surface area contributed by atoms with Crippen LogP contribution in [0.4, 0.5) is 10.1 Å². The number of nitrogens with zero attached hydrogens (tertiary/aromatic N) is 1. The number of likely N-dealkylation sites (N-methyl/N-ethyl adjacent to an activating group) is 1. The van der Waals surface area contributed by atoms with Crippen molar-refractivity contribution in [3.63, 3.8) is 0 Å². The van der Waals surface area contributed by atoms with Crippen LogP contribution < -0.4 is 5.32 Å². The van der Waals surface area contributed by atoms with E-state index in [0.29, 0.717) is 11.3 Å². The van der Waals surface area contributed by atoms with Crippen molar-refractivity contribution in [2.24, 2.45) is 0 Å². The Labute approximate surface area is 134 Å². The molecular weight excluding hydrogens is 295 g/mol. The molecule has 2 aromatic rings. The van der Waals surface area contributed by atoms with Crippen molar-refractivity contribution in [1.29, 1.82) is 0 Å². The number of aryl methyl sites for hydroxylation is 2. The molecule has 0 aromatic heterocycles. The number of nitrogens with one attached hydrogen (secondary N) is 1. The first-order valence-corrected chi connectivity index (χ1v) is 7.25. The van der Waals surface area contributed by atoms with Crippen LogP contribution in [0.25, 0.3) is 0 Å². The van der Waals surface area contributed by atoms with Crippen LogP contribution >= 0.6 is 0 Å². The molecule has 5 heteroatoms. The molecule has 0 unspecified atom stereocenters. The lowest BCUT2D eigenvalue weighted by Crippen LogP contribution is -2.35.